The predicted octanol–water partition coefficient (Wildman–Crippen LogP) is 7.12. The van der Waals surface area contributed by atoms with Crippen molar-refractivity contribution in [1.29, 1.82) is 0 Å². The Morgan fingerprint density at radius 1 is 0.921 bits per heavy atom. The van der Waals surface area contributed by atoms with Gasteiger partial charge in [-0.1, -0.05) is 54.6 Å². The van der Waals surface area contributed by atoms with Crippen LogP contribution in [-0.4, -0.2) is 28.5 Å². The molecule has 6 rings (SSSR count). The summed E-state index contributed by atoms with van der Waals surface area (Å²) in [6, 6.07) is 22.7. The molecule has 5 nitrogen and oxygen atoms in total. The third-order valence-electron chi connectivity index (χ3n) is 8.57. The summed E-state index contributed by atoms with van der Waals surface area (Å²) in [5.41, 5.74) is 5.47. The fourth-order valence-corrected chi connectivity index (χ4v) is 6.99. The minimum atomic E-state index is 0.162. The molecule has 0 unspecified atom stereocenters. The number of rotatable bonds is 9. The lowest BCUT2D eigenvalue weighted by Gasteiger charge is -2.58. The molecule has 0 saturated heterocycles. The first-order valence-electron chi connectivity index (χ1n) is 13.6. The predicted molar refractivity (Wildman–Crippen MR) is 149 cm³/mol. The van der Waals surface area contributed by atoms with E-state index in [-0.39, 0.29) is 5.78 Å². The van der Waals surface area contributed by atoms with Crippen LogP contribution in [0.25, 0.3) is 22.0 Å². The lowest BCUT2D eigenvalue weighted by Crippen LogP contribution is -2.48. The molecule has 0 amide bonds. The van der Waals surface area contributed by atoms with Crippen LogP contribution in [0.15, 0.2) is 72.9 Å². The summed E-state index contributed by atoms with van der Waals surface area (Å²) < 4.78 is 7.47. The normalized spacial score (nSPS) is 22.2. The molecule has 3 aromatic carbocycles. The second-order valence-corrected chi connectivity index (χ2v) is 11.6. The number of nitrogens with zero attached hydrogens (tertiary/aromatic N) is 2. The standard InChI is InChI=1S/C33H34N2O3/c1-22(36)12-24-16-33(17-24)18-25(19-33)13-31(37)30-15-29(38-2)14-28-20-34-35(32(28)30)21-23-8-10-27(11-9-23)26-6-4-3-5-7-26/h3-11,14-15,20,24-25H,12-13,16-19,21H2,1-2H3. The molecular formula is C33H34N2O3. The summed E-state index contributed by atoms with van der Waals surface area (Å²) in [6.07, 6.45) is 7.60. The van der Waals surface area contributed by atoms with E-state index in [0.29, 0.717) is 53.7 Å². The van der Waals surface area contributed by atoms with Gasteiger partial charge in [-0.05, 0) is 78.7 Å². The Balaban J connectivity index is 1.18. The van der Waals surface area contributed by atoms with Crippen LogP contribution in [0.3, 0.4) is 0 Å². The number of aromatic nitrogens is 2. The molecule has 1 heterocycles. The molecule has 38 heavy (non-hydrogen) atoms. The van der Waals surface area contributed by atoms with Crippen LogP contribution in [-0.2, 0) is 11.3 Å². The number of carbonyl (C=O) groups is 2. The van der Waals surface area contributed by atoms with E-state index >= 15 is 0 Å². The van der Waals surface area contributed by atoms with E-state index in [9.17, 15) is 9.59 Å². The first-order chi connectivity index (χ1) is 18.4. The Kier molecular flexibility index (Phi) is 6.38. The molecule has 1 aromatic heterocycles. The Bertz CT molecular complexity index is 1470. The molecule has 4 aromatic rings. The molecule has 2 aliphatic rings. The number of Topliss-reactive ketones (excluding diaryl/α,β-unsaturated/α-hetero) is 2. The first kappa shape index (κ1) is 24.6. The van der Waals surface area contributed by atoms with Crippen LogP contribution in [0.5, 0.6) is 5.75 Å². The van der Waals surface area contributed by atoms with Gasteiger partial charge in [0.05, 0.1) is 25.4 Å². The lowest BCUT2D eigenvalue weighted by atomic mass is 9.47. The minimum absolute atomic E-state index is 0.162. The van der Waals surface area contributed by atoms with Crippen LogP contribution in [0, 0.1) is 17.3 Å². The molecular weight excluding hydrogens is 472 g/mol. The Labute approximate surface area is 223 Å². The molecule has 0 radical (unpaired) electrons. The van der Waals surface area contributed by atoms with E-state index < -0.39 is 0 Å². The van der Waals surface area contributed by atoms with Crippen LogP contribution < -0.4 is 4.74 Å². The van der Waals surface area contributed by atoms with Gasteiger partial charge in [0.25, 0.3) is 0 Å². The van der Waals surface area contributed by atoms with E-state index in [1.807, 2.05) is 41.2 Å². The van der Waals surface area contributed by atoms with E-state index in [1.54, 1.807) is 14.0 Å². The highest BCUT2D eigenvalue weighted by Gasteiger charge is 2.52. The van der Waals surface area contributed by atoms with E-state index in [2.05, 4.69) is 41.5 Å². The summed E-state index contributed by atoms with van der Waals surface area (Å²) in [5, 5.41) is 5.58. The average Bonchev–Trinajstić information content (AvgIpc) is 3.28. The largest absolute Gasteiger partial charge is 0.497 e. The first-order valence-corrected chi connectivity index (χ1v) is 13.6. The highest BCUT2D eigenvalue weighted by Crippen LogP contribution is 2.62. The number of hydrogen-bond acceptors (Lipinski definition) is 4. The van der Waals surface area contributed by atoms with Gasteiger partial charge in [0.15, 0.2) is 5.78 Å². The van der Waals surface area contributed by atoms with Crippen molar-refractivity contribution in [2.45, 2.75) is 52.0 Å². The molecule has 5 heteroatoms. The quantitative estimate of drug-likeness (QED) is 0.227. The smallest absolute Gasteiger partial charge is 0.165 e. The average molecular weight is 507 g/mol. The summed E-state index contributed by atoms with van der Waals surface area (Å²) >= 11 is 0. The number of carbonyl (C=O) groups excluding carboxylic acids is 2. The highest BCUT2D eigenvalue weighted by atomic mass is 16.5. The molecule has 0 N–H and O–H groups in total. The minimum Gasteiger partial charge on any atom is -0.497 e. The fourth-order valence-electron chi connectivity index (χ4n) is 6.99. The van der Waals surface area contributed by atoms with Crippen molar-refractivity contribution in [1.82, 2.24) is 9.78 Å². The molecule has 2 saturated carbocycles. The molecule has 1 spiro atoms. The molecule has 2 fully saturated rings. The third-order valence-corrected chi connectivity index (χ3v) is 8.57. The van der Waals surface area contributed by atoms with E-state index in [0.717, 1.165) is 42.1 Å². The number of ether oxygens (including phenoxy) is 1. The van der Waals surface area contributed by atoms with Crippen LogP contribution in [0.2, 0.25) is 0 Å². The highest BCUT2D eigenvalue weighted by molar-refractivity contribution is 6.07. The molecule has 0 aliphatic heterocycles. The molecule has 2 aliphatic carbocycles. The zero-order valence-corrected chi connectivity index (χ0v) is 22.2. The van der Waals surface area contributed by atoms with Gasteiger partial charge in [0.1, 0.15) is 11.5 Å². The molecule has 0 bridgehead atoms. The van der Waals surface area contributed by atoms with E-state index in [4.69, 9.17) is 4.74 Å². The SMILES string of the molecule is COc1cc(C(=O)CC2CC3(CC(CC(C)=O)C3)C2)c2c(cnn2Cc2ccc(-c3ccccc3)cc2)c1. The second kappa shape index (κ2) is 9.86. The zero-order valence-electron chi connectivity index (χ0n) is 22.2. The maximum absolute atomic E-state index is 13.6. The van der Waals surface area contributed by atoms with Gasteiger partial charge in [0, 0.05) is 23.8 Å². The van der Waals surface area contributed by atoms with Crippen molar-refractivity contribution in [2.75, 3.05) is 7.11 Å². The van der Waals surface area contributed by atoms with Gasteiger partial charge in [0.2, 0.25) is 0 Å². The number of benzene rings is 3. The fraction of sp³-hybridized carbons (Fsp3) is 0.364. The van der Waals surface area contributed by atoms with Crippen LogP contribution >= 0.6 is 0 Å². The van der Waals surface area contributed by atoms with Gasteiger partial charge in [-0.3, -0.25) is 9.48 Å². The maximum Gasteiger partial charge on any atom is 0.165 e. The summed E-state index contributed by atoms with van der Waals surface area (Å²) in [4.78, 5) is 25.0. The van der Waals surface area contributed by atoms with Crippen molar-refractivity contribution in [3.63, 3.8) is 0 Å². The lowest BCUT2D eigenvalue weighted by molar-refractivity contribution is -0.123. The van der Waals surface area contributed by atoms with Gasteiger partial charge in [-0.2, -0.15) is 5.10 Å². The van der Waals surface area contributed by atoms with E-state index in [1.165, 1.54) is 11.1 Å². The van der Waals surface area contributed by atoms with Crippen molar-refractivity contribution < 1.29 is 14.3 Å². The number of ketones is 2. The topological polar surface area (TPSA) is 61.2 Å². The third kappa shape index (κ3) is 4.78. The summed E-state index contributed by atoms with van der Waals surface area (Å²) in [6.45, 7) is 2.28. The molecule has 194 valence electrons. The van der Waals surface area contributed by atoms with Crippen molar-refractivity contribution in [3.8, 4) is 16.9 Å². The van der Waals surface area contributed by atoms with Crippen molar-refractivity contribution in [2.24, 2.45) is 17.3 Å². The van der Waals surface area contributed by atoms with Crippen LogP contribution in [0.4, 0.5) is 0 Å². The van der Waals surface area contributed by atoms with Gasteiger partial charge in [-0.15, -0.1) is 0 Å². The summed E-state index contributed by atoms with van der Waals surface area (Å²) in [5.74, 6) is 2.11. The zero-order chi connectivity index (χ0) is 26.3. The Morgan fingerprint density at radius 2 is 1.58 bits per heavy atom. The number of hydrogen-bond donors (Lipinski definition) is 0. The van der Waals surface area contributed by atoms with Crippen LogP contribution in [0.1, 0.15) is 61.4 Å². The number of fused-ring (bicyclic) bond motifs is 1. The van der Waals surface area contributed by atoms with Gasteiger partial charge >= 0.3 is 0 Å². The van der Waals surface area contributed by atoms with Crippen molar-refractivity contribution in [3.05, 3.63) is 84.1 Å². The monoisotopic (exact) mass is 506 g/mol. The Hall–Kier alpha value is -3.73. The van der Waals surface area contributed by atoms with Crippen molar-refractivity contribution >= 4 is 22.5 Å². The van der Waals surface area contributed by atoms with Gasteiger partial charge in [-0.25, -0.2) is 0 Å². The summed E-state index contributed by atoms with van der Waals surface area (Å²) in [7, 11) is 1.64. The molecule has 0 atom stereocenters. The number of methoxy groups -OCH3 is 1. The Morgan fingerprint density at radius 3 is 2.24 bits per heavy atom. The van der Waals surface area contributed by atoms with Gasteiger partial charge < -0.3 is 9.53 Å². The second-order valence-electron chi connectivity index (χ2n) is 11.6. The maximum atomic E-state index is 13.6.